The van der Waals surface area contributed by atoms with Crippen LogP contribution in [-0.4, -0.2) is 58.4 Å². The Morgan fingerprint density at radius 1 is 0.956 bits per heavy atom. The van der Waals surface area contributed by atoms with Crippen molar-refractivity contribution in [3.8, 4) is 11.5 Å². The first kappa shape index (κ1) is 29.6. The minimum absolute atomic E-state index is 0.0455. The van der Waals surface area contributed by atoms with Gasteiger partial charge < -0.3 is 20.3 Å². The monoisotopic (exact) mass is 610 g/mol. The third-order valence-electron chi connectivity index (χ3n) is 12.6. The molecule has 6 nitrogen and oxygen atoms in total. The lowest BCUT2D eigenvalue weighted by atomic mass is 9.37. The number of amides is 1. The van der Waals surface area contributed by atoms with Gasteiger partial charge >= 0.3 is 0 Å². The summed E-state index contributed by atoms with van der Waals surface area (Å²) in [5.74, 6) is 0.890. The second kappa shape index (κ2) is 11.5. The first-order valence-electron chi connectivity index (χ1n) is 18.0. The molecular formula is C39H50N2O4. The number of hydrogen-bond acceptors (Lipinski definition) is 5. The molecule has 6 atom stereocenters. The second-order valence-corrected chi connectivity index (χ2v) is 15.2. The van der Waals surface area contributed by atoms with Crippen LogP contribution in [0.5, 0.6) is 11.5 Å². The topological polar surface area (TPSA) is 82.0 Å². The fourth-order valence-corrected chi connectivity index (χ4v) is 10.3. The van der Waals surface area contributed by atoms with Crippen molar-refractivity contribution < 1.29 is 19.7 Å². The number of hydrogen-bond donors (Lipinski definition) is 3. The van der Waals surface area contributed by atoms with E-state index in [4.69, 9.17) is 4.74 Å². The summed E-state index contributed by atoms with van der Waals surface area (Å²) in [5.41, 5.74) is 1.72. The van der Waals surface area contributed by atoms with E-state index in [0.29, 0.717) is 18.7 Å². The summed E-state index contributed by atoms with van der Waals surface area (Å²) in [6.07, 6.45) is 19.6. The summed E-state index contributed by atoms with van der Waals surface area (Å²) in [4.78, 5) is 16.6. The summed E-state index contributed by atoms with van der Waals surface area (Å²) in [6.45, 7) is 2.75. The van der Waals surface area contributed by atoms with Crippen LogP contribution in [0, 0.1) is 17.3 Å². The van der Waals surface area contributed by atoms with Gasteiger partial charge in [0.1, 0.15) is 11.7 Å². The van der Waals surface area contributed by atoms with E-state index in [1.807, 2.05) is 6.08 Å². The molecule has 45 heavy (non-hydrogen) atoms. The predicted octanol–water partition coefficient (Wildman–Crippen LogP) is 6.22. The number of aliphatic hydroxyl groups is 1. The maximum atomic E-state index is 13.9. The normalized spacial score (nSPS) is 33.6. The van der Waals surface area contributed by atoms with Gasteiger partial charge in [0.15, 0.2) is 11.5 Å². The Bertz CT molecular complexity index is 1450. The molecule has 2 saturated carbocycles. The lowest BCUT2D eigenvalue weighted by Gasteiger charge is -2.70. The van der Waals surface area contributed by atoms with Gasteiger partial charge in [-0.25, -0.2) is 0 Å². The van der Waals surface area contributed by atoms with E-state index in [2.05, 4.69) is 52.7 Å². The van der Waals surface area contributed by atoms with Gasteiger partial charge in [0.2, 0.25) is 5.91 Å². The Balaban J connectivity index is 0.884. The standard InChI is InChI=1S/C39H50N2O4/c42-31-18-17-29-24-32-37-19-20-39(44,36-38(37,33(29)34(31)45-36)21-23-41(32)26-28-15-16-28)30(25-37)35(43)40-22-11-6-4-2-1-3-5-8-12-27-13-9-7-10-14-27/h7,9-10,13-14,17-20,28,30,32,36,42,44H,1-6,8,11-12,15-16,21-26H2,(H,40,43)/t30-,32-,36-,37-,38+,39?/m1/s1. The van der Waals surface area contributed by atoms with Crippen molar-refractivity contribution in [3.63, 3.8) is 0 Å². The van der Waals surface area contributed by atoms with Crippen LogP contribution >= 0.6 is 0 Å². The molecule has 9 rings (SSSR count). The van der Waals surface area contributed by atoms with Gasteiger partial charge in [0.25, 0.3) is 0 Å². The molecule has 1 amide bonds. The lowest BCUT2D eigenvalue weighted by molar-refractivity contribution is -0.206. The molecule has 5 aliphatic carbocycles. The highest BCUT2D eigenvalue weighted by Gasteiger charge is 2.79. The molecule has 2 heterocycles. The molecule has 4 bridgehead atoms. The number of phenolic OH excluding ortho intramolecular Hbond substituents is 1. The van der Waals surface area contributed by atoms with Crippen LogP contribution in [0.4, 0.5) is 0 Å². The zero-order valence-electron chi connectivity index (χ0n) is 26.7. The Hall–Kier alpha value is -2.83. The molecule has 1 saturated heterocycles. The summed E-state index contributed by atoms with van der Waals surface area (Å²) in [7, 11) is 0. The Labute approximate surface area is 268 Å². The molecule has 2 spiro atoms. The van der Waals surface area contributed by atoms with Crippen LogP contribution < -0.4 is 10.1 Å². The number of carbonyl (C=O) groups is 1. The summed E-state index contributed by atoms with van der Waals surface area (Å²) < 4.78 is 6.63. The number of nitrogens with zero attached hydrogens (tertiary/aromatic N) is 1. The molecule has 7 aliphatic rings. The molecule has 3 fully saturated rings. The summed E-state index contributed by atoms with van der Waals surface area (Å²) in [6, 6.07) is 14.9. The van der Waals surface area contributed by atoms with E-state index in [9.17, 15) is 15.0 Å². The van der Waals surface area contributed by atoms with Crippen LogP contribution in [0.15, 0.2) is 54.6 Å². The van der Waals surface area contributed by atoms with Gasteiger partial charge in [-0.3, -0.25) is 9.69 Å². The van der Waals surface area contributed by atoms with Crippen molar-refractivity contribution in [2.75, 3.05) is 19.6 Å². The summed E-state index contributed by atoms with van der Waals surface area (Å²) in [5, 5.41) is 26.5. The lowest BCUT2D eigenvalue weighted by Crippen LogP contribution is -2.80. The van der Waals surface area contributed by atoms with E-state index in [0.717, 1.165) is 50.3 Å². The first-order valence-corrected chi connectivity index (χ1v) is 18.0. The smallest absolute Gasteiger partial charge is 0.226 e. The fraction of sp³-hybridized carbons (Fsp3) is 0.615. The predicted molar refractivity (Wildman–Crippen MR) is 175 cm³/mol. The van der Waals surface area contributed by atoms with Crippen molar-refractivity contribution >= 4 is 5.91 Å². The molecule has 2 aromatic carbocycles. The van der Waals surface area contributed by atoms with Gasteiger partial charge in [0.05, 0.1) is 11.3 Å². The molecule has 2 aliphatic heterocycles. The van der Waals surface area contributed by atoms with Crippen LogP contribution in [0.2, 0.25) is 0 Å². The molecule has 240 valence electrons. The number of fused-ring (bicyclic) bond motifs is 1. The largest absolute Gasteiger partial charge is 0.504 e. The minimum Gasteiger partial charge on any atom is -0.504 e. The van der Waals surface area contributed by atoms with Gasteiger partial charge in [-0.1, -0.05) is 87.1 Å². The highest BCUT2D eigenvalue weighted by atomic mass is 16.5. The van der Waals surface area contributed by atoms with Crippen molar-refractivity contribution in [1.29, 1.82) is 0 Å². The number of ether oxygens (including phenoxy) is 1. The van der Waals surface area contributed by atoms with Crippen molar-refractivity contribution in [2.45, 2.75) is 113 Å². The van der Waals surface area contributed by atoms with Crippen molar-refractivity contribution in [3.05, 3.63) is 71.3 Å². The molecule has 3 N–H and O–H groups in total. The number of likely N-dealkylation sites (tertiary alicyclic amines) is 1. The molecular weight excluding hydrogens is 560 g/mol. The van der Waals surface area contributed by atoms with Crippen molar-refractivity contribution in [1.82, 2.24) is 10.2 Å². The highest BCUT2D eigenvalue weighted by molar-refractivity contribution is 5.82. The van der Waals surface area contributed by atoms with E-state index in [1.165, 1.54) is 68.9 Å². The van der Waals surface area contributed by atoms with Crippen LogP contribution in [0.3, 0.4) is 0 Å². The maximum absolute atomic E-state index is 13.9. The van der Waals surface area contributed by atoms with E-state index >= 15 is 0 Å². The second-order valence-electron chi connectivity index (χ2n) is 15.2. The number of aromatic hydroxyl groups is 1. The summed E-state index contributed by atoms with van der Waals surface area (Å²) >= 11 is 0. The van der Waals surface area contributed by atoms with Crippen LogP contribution in [0.25, 0.3) is 0 Å². The number of rotatable bonds is 14. The van der Waals surface area contributed by atoms with Gasteiger partial charge in [-0.15, -0.1) is 0 Å². The fourth-order valence-electron chi connectivity index (χ4n) is 10.3. The number of benzene rings is 2. The number of carbonyl (C=O) groups excluding carboxylic acids is 1. The number of nitrogens with one attached hydrogen (secondary N) is 1. The SMILES string of the molecule is O=C(NCCCCCCCCCCc1ccccc1)[C@H]1C[C@@]23C=CC1(O)[C@@H]1Oc4c(O)ccc5c4[C@@]12CCN(CC1CC1)[C@@H]3C5. The Morgan fingerprint density at radius 2 is 1.71 bits per heavy atom. The average molecular weight is 611 g/mol. The third-order valence-corrected chi connectivity index (χ3v) is 12.6. The molecule has 6 heteroatoms. The average Bonchev–Trinajstić information content (AvgIpc) is 3.79. The molecule has 2 aromatic rings. The number of unbranched alkanes of at least 4 members (excludes halogenated alkanes) is 7. The highest BCUT2D eigenvalue weighted by Crippen LogP contribution is 2.74. The van der Waals surface area contributed by atoms with E-state index in [-0.39, 0.29) is 23.1 Å². The van der Waals surface area contributed by atoms with Crippen LogP contribution in [-0.2, 0) is 23.1 Å². The zero-order valence-corrected chi connectivity index (χ0v) is 26.7. The van der Waals surface area contributed by atoms with E-state index in [1.54, 1.807) is 6.07 Å². The first-order chi connectivity index (χ1) is 22.0. The number of piperidine rings is 1. The minimum atomic E-state index is -1.39. The van der Waals surface area contributed by atoms with Crippen LogP contribution in [0.1, 0.15) is 93.7 Å². The Kier molecular flexibility index (Phi) is 7.52. The number of phenols is 1. The van der Waals surface area contributed by atoms with E-state index < -0.39 is 23.0 Å². The van der Waals surface area contributed by atoms with Gasteiger partial charge in [0, 0.05) is 30.1 Å². The molecule has 0 radical (unpaired) electrons. The van der Waals surface area contributed by atoms with Gasteiger partial charge in [-0.05, 0) is 81.0 Å². The zero-order chi connectivity index (χ0) is 30.6. The third kappa shape index (κ3) is 4.68. The van der Waals surface area contributed by atoms with Gasteiger partial charge in [-0.2, -0.15) is 0 Å². The van der Waals surface area contributed by atoms with Crippen molar-refractivity contribution in [2.24, 2.45) is 17.3 Å². The Morgan fingerprint density at radius 3 is 2.49 bits per heavy atom. The maximum Gasteiger partial charge on any atom is 0.226 e. The number of aryl methyl sites for hydroxylation is 1. The quantitative estimate of drug-likeness (QED) is 0.175. The molecule has 0 aromatic heterocycles. The molecule has 1 unspecified atom stereocenters.